The van der Waals surface area contributed by atoms with Crippen LogP contribution in [0.25, 0.3) is 0 Å². The standard InChI is InChI=1S/C18H14/c1-3-8-14(9-4-1)18(15-10-5-2-6-11-15)16-12-7-13-17(16)18/h1-12,16-17H/i17D. The highest BCUT2D eigenvalue weighted by Crippen LogP contribution is 2.67. The molecule has 1 saturated carbocycles. The lowest BCUT2D eigenvalue weighted by atomic mass is 9.82. The van der Waals surface area contributed by atoms with Gasteiger partial charge in [0.25, 0.3) is 0 Å². The van der Waals surface area contributed by atoms with Crippen LogP contribution in [-0.4, -0.2) is 0 Å². The van der Waals surface area contributed by atoms with E-state index in [4.69, 9.17) is 1.37 Å². The summed E-state index contributed by atoms with van der Waals surface area (Å²) in [6, 6.07) is 20.8. The first-order chi connectivity index (χ1) is 9.30. The van der Waals surface area contributed by atoms with Gasteiger partial charge in [-0.05, 0) is 23.1 Å². The van der Waals surface area contributed by atoms with E-state index in [1.807, 2.05) is 18.2 Å². The zero-order valence-corrected chi connectivity index (χ0v) is 10.0. The first-order valence-corrected chi connectivity index (χ1v) is 6.35. The summed E-state index contributed by atoms with van der Waals surface area (Å²) in [5, 5.41) is 0. The Morgan fingerprint density at radius 1 is 0.944 bits per heavy atom. The van der Waals surface area contributed by atoms with Crippen LogP contribution in [0.4, 0.5) is 0 Å². The minimum atomic E-state index is -0.629. The van der Waals surface area contributed by atoms with Gasteiger partial charge in [0.1, 0.15) is 0 Å². The van der Waals surface area contributed by atoms with Crippen LogP contribution in [0.15, 0.2) is 66.7 Å². The normalized spacial score (nSPS) is 31.3. The molecule has 2 unspecified atom stereocenters. The van der Waals surface area contributed by atoms with Crippen LogP contribution in [0, 0.1) is 24.3 Å². The second-order valence-electron chi connectivity index (χ2n) is 4.93. The first-order valence-electron chi connectivity index (χ1n) is 6.85. The maximum Gasteiger partial charge on any atom is 0.0372 e. The highest BCUT2D eigenvalue weighted by molar-refractivity contribution is 5.54. The summed E-state index contributed by atoms with van der Waals surface area (Å²) < 4.78 is 8.77. The van der Waals surface area contributed by atoms with E-state index in [1.54, 1.807) is 0 Å². The summed E-state index contributed by atoms with van der Waals surface area (Å²) in [6.45, 7) is 0. The Morgan fingerprint density at radius 3 is 1.94 bits per heavy atom. The maximum absolute atomic E-state index is 8.77. The molecule has 86 valence electrons. The third-order valence-electron chi connectivity index (χ3n) is 4.10. The zero-order chi connectivity index (χ0) is 12.9. The second kappa shape index (κ2) is 3.52. The van der Waals surface area contributed by atoms with Crippen molar-refractivity contribution in [2.24, 2.45) is 11.8 Å². The molecule has 2 atom stereocenters. The first kappa shape index (κ1) is 9.04. The van der Waals surface area contributed by atoms with Crippen molar-refractivity contribution in [3.8, 4) is 0 Å². The third kappa shape index (κ3) is 1.13. The Balaban J connectivity index is 1.95. The van der Waals surface area contributed by atoms with E-state index >= 15 is 0 Å². The van der Waals surface area contributed by atoms with Crippen LogP contribution in [0.3, 0.4) is 0 Å². The molecular weight excluding hydrogens is 216 g/mol. The van der Waals surface area contributed by atoms with Crippen LogP contribution in [0.5, 0.6) is 0 Å². The fourth-order valence-electron chi connectivity index (χ4n) is 3.27. The lowest BCUT2D eigenvalue weighted by Crippen LogP contribution is -2.15. The van der Waals surface area contributed by atoms with Gasteiger partial charge in [-0.3, -0.25) is 0 Å². The quantitative estimate of drug-likeness (QED) is 0.690. The molecule has 0 spiro atoms. The van der Waals surface area contributed by atoms with Crippen molar-refractivity contribution in [3.63, 3.8) is 0 Å². The van der Waals surface area contributed by atoms with Gasteiger partial charge >= 0.3 is 0 Å². The van der Waals surface area contributed by atoms with E-state index in [9.17, 15) is 0 Å². The van der Waals surface area contributed by atoms with Crippen LogP contribution >= 0.6 is 0 Å². The van der Waals surface area contributed by atoms with E-state index in [2.05, 4.69) is 61.0 Å². The van der Waals surface area contributed by atoms with Gasteiger partial charge in [0.2, 0.25) is 0 Å². The van der Waals surface area contributed by atoms with Gasteiger partial charge < -0.3 is 0 Å². The molecule has 0 aromatic heterocycles. The maximum atomic E-state index is 8.77. The fraction of sp³-hybridized carbons (Fsp3) is 0.167. The SMILES string of the molecule is [2H]C12[C-]=C[CH+]C1C2(c1ccccc1)c1ccccc1. The molecule has 0 heteroatoms. The molecule has 4 rings (SSSR count). The highest BCUT2D eigenvalue weighted by Gasteiger charge is 2.66. The number of allylic oxidation sites excluding steroid dienone is 2. The molecule has 2 aliphatic rings. The van der Waals surface area contributed by atoms with Crippen molar-refractivity contribution in [1.29, 1.82) is 0 Å². The summed E-state index contributed by atoms with van der Waals surface area (Å²) in [4.78, 5) is 0. The van der Waals surface area contributed by atoms with Crippen molar-refractivity contribution in [1.82, 2.24) is 0 Å². The van der Waals surface area contributed by atoms with Crippen LogP contribution in [0.2, 0.25) is 0 Å². The minimum Gasteiger partial charge on any atom is -0.0792 e. The molecule has 2 aliphatic carbocycles. The van der Waals surface area contributed by atoms with Crippen LogP contribution in [-0.2, 0) is 5.41 Å². The van der Waals surface area contributed by atoms with Crippen molar-refractivity contribution in [2.75, 3.05) is 0 Å². The van der Waals surface area contributed by atoms with E-state index < -0.39 is 5.89 Å². The molecule has 2 aromatic rings. The Morgan fingerprint density at radius 2 is 1.50 bits per heavy atom. The van der Waals surface area contributed by atoms with Gasteiger partial charge in [-0.25, -0.2) is 0 Å². The van der Waals surface area contributed by atoms with E-state index in [0.717, 1.165) is 0 Å². The van der Waals surface area contributed by atoms with E-state index in [1.165, 1.54) is 11.1 Å². The van der Waals surface area contributed by atoms with Gasteiger partial charge in [-0.2, -0.15) is 0 Å². The topological polar surface area (TPSA) is 0 Å². The molecule has 2 aromatic carbocycles. The lowest BCUT2D eigenvalue weighted by molar-refractivity contribution is 0.744. The second-order valence-corrected chi connectivity index (χ2v) is 4.93. The summed E-state index contributed by atoms with van der Waals surface area (Å²) in [7, 11) is 0. The Hall–Kier alpha value is -1.95. The minimum absolute atomic E-state index is 0.213. The average molecular weight is 231 g/mol. The average Bonchev–Trinajstić information content (AvgIpc) is 2.76. The van der Waals surface area contributed by atoms with E-state index in [-0.39, 0.29) is 11.3 Å². The van der Waals surface area contributed by atoms with Gasteiger partial charge in [0.15, 0.2) is 0 Å². The van der Waals surface area contributed by atoms with Gasteiger partial charge in [0.05, 0.1) is 0 Å². The number of rotatable bonds is 2. The monoisotopic (exact) mass is 231 g/mol. The molecule has 18 heavy (non-hydrogen) atoms. The van der Waals surface area contributed by atoms with Crippen molar-refractivity contribution in [3.05, 3.63) is 90.4 Å². The summed E-state index contributed by atoms with van der Waals surface area (Å²) in [5.74, 6) is -0.416. The number of benzene rings is 2. The fourth-order valence-corrected chi connectivity index (χ4v) is 3.27. The Labute approximate surface area is 109 Å². The largest absolute Gasteiger partial charge is 0.0792 e. The summed E-state index contributed by atoms with van der Waals surface area (Å²) in [5.41, 5.74) is 2.20. The molecule has 0 bridgehead atoms. The Bertz CT molecular complexity index is 590. The molecule has 0 nitrogen and oxygen atoms in total. The Kier molecular flexibility index (Phi) is 1.77. The summed E-state index contributed by atoms with van der Waals surface area (Å²) >= 11 is 0. The smallest absolute Gasteiger partial charge is 0.0372 e. The van der Waals surface area contributed by atoms with Crippen LogP contribution < -0.4 is 0 Å². The van der Waals surface area contributed by atoms with Gasteiger partial charge in [-0.1, -0.05) is 73.2 Å². The molecule has 0 saturated heterocycles. The number of hydrogen-bond donors (Lipinski definition) is 0. The van der Waals surface area contributed by atoms with Gasteiger partial charge in [-0.15, -0.1) is 0 Å². The zero-order valence-electron chi connectivity index (χ0n) is 11.0. The van der Waals surface area contributed by atoms with Crippen molar-refractivity contribution >= 4 is 0 Å². The number of hydrogen-bond acceptors (Lipinski definition) is 0. The van der Waals surface area contributed by atoms with E-state index in [0.29, 0.717) is 0 Å². The van der Waals surface area contributed by atoms with Gasteiger partial charge in [0, 0.05) is 12.7 Å². The number of fused-ring (bicyclic) bond motifs is 1. The summed E-state index contributed by atoms with van der Waals surface area (Å²) in [6.07, 6.45) is 7.29. The molecule has 1 fully saturated rings. The molecule has 0 N–H and O–H groups in total. The predicted octanol–water partition coefficient (Wildman–Crippen LogP) is 3.80. The predicted molar refractivity (Wildman–Crippen MR) is 72.8 cm³/mol. The molecule has 0 radical (unpaired) electrons. The molecular formula is C18H14. The molecule has 0 aliphatic heterocycles. The molecule has 0 heterocycles. The lowest BCUT2D eigenvalue weighted by Gasteiger charge is -2.20. The highest BCUT2D eigenvalue weighted by atomic mass is 14.7. The van der Waals surface area contributed by atoms with Crippen molar-refractivity contribution in [2.45, 2.75) is 5.41 Å². The molecule has 0 amide bonds. The van der Waals surface area contributed by atoms with Crippen LogP contribution in [0.1, 0.15) is 12.5 Å². The third-order valence-corrected chi connectivity index (χ3v) is 4.10. The van der Waals surface area contributed by atoms with Crippen molar-refractivity contribution < 1.29 is 1.37 Å².